The number of nitrogens with zero attached hydrogens (tertiary/aromatic N) is 1. The number of rotatable bonds is 7. The van der Waals surface area contributed by atoms with Crippen LogP contribution in [0.4, 0.5) is 4.79 Å². The van der Waals surface area contributed by atoms with Gasteiger partial charge in [0.05, 0.1) is 0 Å². The topological polar surface area (TPSA) is 95.9 Å². The quantitative estimate of drug-likeness (QED) is 0.680. The lowest BCUT2D eigenvalue weighted by Gasteiger charge is -2.21. The van der Waals surface area contributed by atoms with Crippen molar-refractivity contribution in [2.45, 2.75) is 32.2 Å². The second kappa shape index (κ2) is 6.95. The maximum Gasteiger partial charge on any atom is 0.329 e. The molecule has 0 aliphatic heterocycles. The second-order valence-electron chi connectivity index (χ2n) is 4.16. The zero-order valence-corrected chi connectivity index (χ0v) is 10.3. The molecule has 1 aliphatic carbocycles. The summed E-state index contributed by atoms with van der Waals surface area (Å²) < 4.78 is 4.59. The zero-order valence-electron chi connectivity index (χ0n) is 10.3. The molecule has 0 radical (unpaired) electrons. The largest absolute Gasteiger partial charge is 0.480 e. The first kappa shape index (κ1) is 14.4. The number of carbonyl (C=O) groups excluding carboxylic acids is 2. The van der Waals surface area contributed by atoms with Crippen LogP contribution in [0.2, 0.25) is 0 Å². The lowest BCUT2D eigenvalue weighted by atomic mass is 10.4. The van der Waals surface area contributed by atoms with Crippen molar-refractivity contribution in [3.05, 3.63) is 0 Å². The standard InChI is InChI=1S/C11H18N2O5/c1-2-5-13(8-3-4-8)11(17)12-9(14)6-18-7-10(15)16/h8H,2-7H2,1H3,(H,15,16)(H,12,14,17). The van der Waals surface area contributed by atoms with Gasteiger partial charge in [-0.2, -0.15) is 0 Å². The molecule has 0 aromatic rings. The summed E-state index contributed by atoms with van der Waals surface area (Å²) in [4.78, 5) is 34.9. The molecular weight excluding hydrogens is 240 g/mol. The van der Waals surface area contributed by atoms with Crippen molar-refractivity contribution < 1.29 is 24.2 Å². The van der Waals surface area contributed by atoms with Crippen LogP contribution in [-0.2, 0) is 14.3 Å². The first-order valence-corrected chi connectivity index (χ1v) is 5.94. The number of carbonyl (C=O) groups is 3. The van der Waals surface area contributed by atoms with Crippen LogP contribution in [0.1, 0.15) is 26.2 Å². The van der Waals surface area contributed by atoms with E-state index in [4.69, 9.17) is 5.11 Å². The molecule has 0 bridgehead atoms. The minimum Gasteiger partial charge on any atom is -0.480 e. The Labute approximate surface area is 105 Å². The van der Waals surface area contributed by atoms with Crippen molar-refractivity contribution in [2.75, 3.05) is 19.8 Å². The first-order valence-electron chi connectivity index (χ1n) is 5.94. The molecule has 18 heavy (non-hydrogen) atoms. The van der Waals surface area contributed by atoms with E-state index in [1.165, 1.54) is 0 Å². The number of carboxylic acid groups (broad SMARTS) is 1. The van der Waals surface area contributed by atoms with Crippen molar-refractivity contribution in [1.82, 2.24) is 10.2 Å². The van der Waals surface area contributed by atoms with Gasteiger partial charge in [-0.25, -0.2) is 9.59 Å². The molecule has 1 aliphatic rings. The number of carboxylic acids is 1. The Kier molecular flexibility index (Phi) is 5.57. The van der Waals surface area contributed by atoms with Gasteiger partial charge in [0.25, 0.3) is 5.91 Å². The zero-order chi connectivity index (χ0) is 13.5. The van der Waals surface area contributed by atoms with Crippen LogP contribution in [0.5, 0.6) is 0 Å². The van der Waals surface area contributed by atoms with Crippen LogP contribution in [0.15, 0.2) is 0 Å². The maximum atomic E-state index is 11.7. The Morgan fingerprint density at radius 2 is 2.00 bits per heavy atom. The molecule has 0 atom stereocenters. The van der Waals surface area contributed by atoms with E-state index in [2.05, 4.69) is 10.1 Å². The Bertz CT molecular complexity index is 327. The molecule has 0 saturated heterocycles. The molecular formula is C11H18N2O5. The van der Waals surface area contributed by atoms with Crippen molar-refractivity contribution in [2.24, 2.45) is 0 Å². The summed E-state index contributed by atoms with van der Waals surface area (Å²) in [5.74, 6) is -1.78. The molecule has 3 amide bonds. The molecule has 0 unspecified atom stereocenters. The van der Waals surface area contributed by atoms with Gasteiger partial charge in [0, 0.05) is 12.6 Å². The van der Waals surface area contributed by atoms with Crippen molar-refractivity contribution >= 4 is 17.9 Å². The number of amides is 3. The Balaban J connectivity index is 2.28. The third-order valence-electron chi connectivity index (χ3n) is 2.42. The molecule has 1 saturated carbocycles. The molecule has 102 valence electrons. The van der Waals surface area contributed by atoms with Gasteiger partial charge < -0.3 is 14.7 Å². The number of hydrogen-bond acceptors (Lipinski definition) is 4. The molecule has 7 nitrogen and oxygen atoms in total. The highest BCUT2D eigenvalue weighted by Crippen LogP contribution is 2.26. The van der Waals surface area contributed by atoms with Crippen LogP contribution < -0.4 is 5.32 Å². The van der Waals surface area contributed by atoms with Crippen molar-refractivity contribution in [3.63, 3.8) is 0 Å². The predicted molar refractivity (Wildman–Crippen MR) is 62.0 cm³/mol. The van der Waals surface area contributed by atoms with Crippen molar-refractivity contribution in [3.8, 4) is 0 Å². The van der Waals surface area contributed by atoms with E-state index >= 15 is 0 Å². The monoisotopic (exact) mass is 258 g/mol. The molecule has 7 heteroatoms. The van der Waals surface area contributed by atoms with Gasteiger partial charge in [-0.3, -0.25) is 10.1 Å². The van der Waals surface area contributed by atoms with Gasteiger partial charge in [-0.1, -0.05) is 6.92 Å². The van der Waals surface area contributed by atoms with Crippen LogP contribution in [-0.4, -0.2) is 53.7 Å². The van der Waals surface area contributed by atoms with E-state index in [9.17, 15) is 14.4 Å². The summed E-state index contributed by atoms with van der Waals surface area (Å²) >= 11 is 0. The normalized spacial score (nSPS) is 14.1. The van der Waals surface area contributed by atoms with Gasteiger partial charge in [0.15, 0.2) is 0 Å². The summed E-state index contributed by atoms with van der Waals surface area (Å²) in [7, 11) is 0. The average Bonchev–Trinajstić information content (AvgIpc) is 3.08. The number of ether oxygens (including phenoxy) is 1. The highest BCUT2D eigenvalue weighted by atomic mass is 16.5. The van der Waals surface area contributed by atoms with E-state index in [0.717, 1.165) is 19.3 Å². The Morgan fingerprint density at radius 3 is 2.50 bits per heavy atom. The lowest BCUT2D eigenvalue weighted by Crippen LogP contribution is -2.45. The summed E-state index contributed by atoms with van der Waals surface area (Å²) in [6, 6.07) is -0.194. The lowest BCUT2D eigenvalue weighted by molar-refractivity contribution is -0.143. The van der Waals surface area contributed by atoms with Crippen LogP contribution >= 0.6 is 0 Å². The van der Waals surface area contributed by atoms with Crippen LogP contribution in [0.3, 0.4) is 0 Å². The molecule has 0 aromatic carbocycles. The number of imide groups is 1. The minimum absolute atomic E-state index is 0.234. The van der Waals surface area contributed by atoms with Crippen LogP contribution in [0.25, 0.3) is 0 Å². The number of nitrogens with one attached hydrogen (secondary N) is 1. The summed E-state index contributed by atoms with van der Waals surface area (Å²) in [6.45, 7) is 1.59. The second-order valence-corrected chi connectivity index (χ2v) is 4.16. The SMILES string of the molecule is CCCN(C(=O)NC(=O)COCC(=O)O)C1CC1. The van der Waals surface area contributed by atoms with E-state index in [1.807, 2.05) is 6.92 Å². The van der Waals surface area contributed by atoms with Gasteiger partial charge in [-0.05, 0) is 19.3 Å². The fourth-order valence-corrected chi connectivity index (χ4v) is 1.54. The third-order valence-corrected chi connectivity index (χ3v) is 2.42. The van der Waals surface area contributed by atoms with Gasteiger partial charge in [0.2, 0.25) is 0 Å². The van der Waals surface area contributed by atoms with E-state index in [-0.39, 0.29) is 6.04 Å². The molecule has 0 heterocycles. The average molecular weight is 258 g/mol. The summed E-state index contributed by atoms with van der Waals surface area (Å²) in [5.41, 5.74) is 0. The smallest absolute Gasteiger partial charge is 0.329 e. The highest BCUT2D eigenvalue weighted by molar-refractivity contribution is 5.95. The molecule has 1 fully saturated rings. The number of aliphatic carboxylic acids is 1. The van der Waals surface area contributed by atoms with E-state index < -0.39 is 31.1 Å². The predicted octanol–water partition coefficient (Wildman–Crippen LogP) is 0.198. The van der Waals surface area contributed by atoms with Crippen LogP contribution in [0, 0.1) is 0 Å². The maximum absolute atomic E-state index is 11.7. The van der Waals surface area contributed by atoms with Gasteiger partial charge >= 0.3 is 12.0 Å². The fourth-order valence-electron chi connectivity index (χ4n) is 1.54. The van der Waals surface area contributed by atoms with E-state index in [1.54, 1.807) is 4.90 Å². The van der Waals surface area contributed by atoms with Crippen molar-refractivity contribution in [1.29, 1.82) is 0 Å². The Hall–Kier alpha value is -1.63. The third kappa shape index (κ3) is 5.13. The molecule has 0 spiro atoms. The van der Waals surface area contributed by atoms with Gasteiger partial charge in [0.1, 0.15) is 13.2 Å². The molecule has 2 N–H and O–H groups in total. The van der Waals surface area contributed by atoms with Gasteiger partial charge in [-0.15, -0.1) is 0 Å². The number of hydrogen-bond donors (Lipinski definition) is 2. The summed E-state index contributed by atoms with van der Waals surface area (Å²) in [6.07, 6.45) is 2.77. The molecule has 1 rings (SSSR count). The number of urea groups is 1. The molecule has 0 aromatic heterocycles. The van der Waals surface area contributed by atoms with E-state index in [0.29, 0.717) is 6.54 Å². The first-order chi connectivity index (χ1) is 8.54. The fraction of sp³-hybridized carbons (Fsp3) is 0.727. The highest BCUT2D eigenvalue weighted by Gasteiger charge is 2.32. The summed E-state index contributed by atoms with van der Waals surface area (Å²) in [5, 5.41) is 10.5. The Morgan fingerprint density at radius 1 is 1.33 bits per heavy atom. The minimum atomic E-state index is -1.15.